The molecule has 0 saturated carbocycles. The number of pyridine rings is 1. The van der Waals surface area contributed by atoms with Crippen molar-refractivity contribution in [3.63, 3.8) is 0 Å². The predicted molar refractivity (Wildman–Crippen MR) is 106 cm³/mol. The van der Waals surface area contributed by atoms with E-state index in [-0.39, 0.29) is 12.1 Å². The van der Waals surface area contributed by atoms with Crippen LogP contribution in [-0.2, 0) is 0 Å². The Morgan fingerprint density at radius 2 is 1.88 bits per heavy atom. The number of hydrogen-bond acceptors (Lipinski definition) is 3. The zero-order valence-corrected chi connectivity index (χ0v) is 15.5. The molecule has 4 rings (SSSR count). The average molecular weight is 364 g/mol. The molecule has 0 radical (unpaired) electrons. The van der Waals surface area contributed by atoms with Gasteiger partial charge in [0.1, 0.15) is 11.8 Å². The highest BCUT2D eigenvalue weighted by atomic mass is 32.1. The van der Waals surface area contributed by atoms with Crippen LogP contribution in [0.1, 0.15) is 29.2 Å². The van der Waals surface area contributed by atoms with Crippen molar-refractivity contribution in [2.45, 2.75) is 19.0 Å². The highest BCUT2D eigenvalue weighted by Gasteiger charge is 2.42. The van der Waals surface area contributed by atoms with Crippen LogP contribution in [0.4, 0.5) is 5.69 Å². The fourth-order valence-corrected chi connectivity index (χ4v) is 3.80. The van der Waals surface area contributed by atoms with Gasteiger partial charge in [-0.2, -0.15) is 0 Å². The Labute approximate surface area is 158 Å². The highest BCUT2D eigenvalue weighted by Crippen LogP contribution is 2.43. The molecule has 0 amide bonds. The number of aromatic amines is 1. The second kappa shape index (κ2) is 6.80. The van der Waals surface area contributed by atoms with Crippen LogP contribution < -0.4 is 15.0 Å². The van der Waals surface area contributed by atoms with Crippen LogP contribution in [0.3, 0.4) is 0 Å². The second-order valence-electron chi connectivity index (χ2n) is 6.27. The monoisotopic (exact) mass is 364 g/mol. The molecule has 1 saturated heterocycles. The maximum atomic E-state index is 5.71. The van der Waals surface area contributed by atoms with E-state index in [1.165, 1.54) is 0 Å². The summed E-state index contributed by atoms with van der Waals surface area (Å²) in [5.41, 5.74) is 4.07. The van der Waals surface area contributed by atoms with E-state index in [0.717, 1.165) is 28.5 Å². The minimum absolute atomic E-state index is 0.0533. The first kappa shape index (κ1) is 16.6. The number of nitrogens with one attached hydrogen (secondary N) is 2. The van der Waals surface area contributed by atoms with E-state index >= 15 is 0 Å². The number of nitrogens with zero attached hydrogens (tertiary/aromatic N) is 2. The van der Waals surface area contributed by atoms with Gasteiger partial charge in [-0.05, 0) is 55.5 Å². The first-order valence-corrected chi connectivity index (χ1v) is 8.89. The normalized spacial score (nSPS) is 19.5. The van der Waals surface area contributed by atoms with E-state index in [4.69, 9.17) is 17.0 Å². The van der Waals surface area contributed by atoms with Crippen molar-refractivity contribution in [1.82, 2.24) is 15.3 Å². The Kier molecular flexibility index (Phi) is 4.34. The Hall–Kier alpha value is -2.86. The summed E-state index contributed by atoms with van der Waals surface area (Å²) >= 11 is 5.71. The van der Waals surface area contributed by atoms with Gasteiger partial charge in [0, 0.05) is 17.6 Å². The predicted octanol–water partition coefficient (Wildman–Crippen LogP) is 3.90. The number of H-pyrrole nitrogens is 1. The maximum absolute atomic E-state index is 5.71. The molecule has 0 unspecified atom stereocenters. The first-order chi connectivity index (χ1) is 12.7. The number of rotatable bonds is 4. The summed E-state index contributed by atoms with van der Waals surface area (Å²) < 4.78 is 5.58. The van der Waals surface area contributed by atoms with Crippen molar-refractivity contribution in [3.05, 3.63) is 77.9 Å². The van der Waals surface area contributed by atoms with Gasteiger partial charge < -0.3 is 19.9 Å². The topological polar surface area (TPSA) is 53.2 Å². The molecule has 26 heavy (non-hydrogen) atoms. The molecule has 3 heterocycles. The number of thiocarbonyl (C=S) groups is 1. The van der Waals surface area contributed by atoms with Crippen molar-refractivity contribution >= 4 is 23.0 Å². The maximum Gasteiger partial charge on any atom is 0.174 e. The van der Waals surface area contributed by atoms with Crippen molar-refractivity contribution < 1.29 is 4.74 Å². The summed E-state index contributed by atoms with van der Waals surface area (Å²) in [4.78, 5) is 10.1. The lowest BCUT2D eigenvalue weighted by molar-refractivity contribution is 0.414. The molecule has 0 bridgehead atoms. The van der Waals surface area contributed by atoms with Crippen LogP contribution in [0.15, 0.2) is 60.8 Å². The second-order valence-corrected chi connectivity index (χ2v) is 6.65. The third-order valence-electron chi connectivity index (χ3n) is 4.62. The molecule has 132 valence electrons. The number of aromatic nitrogens is 2. The average Bonchev–Trinajstić information content (AvgIpc) is 3.25. The molecule has 1 aliphatic heterocycles. The lowest BCUT2D eigenvalue weighted by atomic mass is 10.0. The van der Waals surface area contributed by atoms with Gasteiger partial charge in [0.2, 0.25) is 0 Å². The van der Waals surface area contributed by atoms with Gasteiger partial charge in [0.15, 0.2) is 5.11 Å². The van der Waals surface area contributed by atoms with Crippen LogP contribution in [0.25, 0.3) is 0 Å². The molecular formula is C20H20N4OS. The van der Waals surface area contributed by atoms with E-state index in [2.05, 4.69) is 32.3 Å². The van der Waals surface area contributed by atoms with E-state index in [9.17, 15) is 0 Å². The first-order valence-electron chi connectivity index (χ1n) is 8.48. The summed E-state index contributed by atoms with van der Waals surface area (Å²) in [7, 11) is 1.68. The summed E-state index contributed by atoms with van der Waals surface area (Å²) in [5, 5.41) is 4.10. The van der Waals surface area contributed by atoms with Gasteiger partial charge in [0.25, 0.3) is 0 Å². The number of methoxy groups -OCH3 is 1. The standard InChI is InChI=1S/C20H20N4OS/c1-13-10-11-15(22-13)19-18(14-7-5-6-12-21-14)23-20(26)24(19)16-8-3-4-9-17(16)25-2/h3-12,18-19,22H,1-2H3,(H,23,26)/t18-,19-/m1/s1. The lowest BCUT2D eigenvalue weighted by Crippen LogP contribution is -2.29. The quantitative estimate of drug-likeness (QED) is 0.688. The fraction of sp³-hybridized carbons (Fsp3) is 0.200. The van der Waals surface area contributed by atoms with E-state index in [1.807, 2.05) is 55.6 Å². The Morgan fingerprint density at radius 1 is 1.08 bits per heavy atom. The molecule has 0 spiro atoms. The van der Waals surface area contributed by atoms with Crippen molar-refractivity contribution in [1.29, 1.82) is 0 Å². The molecule has 2 aromatic heterocycles. The molecule has 6 heteroatoms. The van der Waals surface area contributed by atoms with Crippen molar-refractivity contribution in [2.75, 3.05) is 12.0 Å². The third-order valence-corrected chi connectivity index (χ3v) is 4.93. The van der Waals surface area contributed by atoms with Gasteiger partial charge >= 0.3 is 0 Å². The summed E-state index contributed by atoms with van der Waals surface area (Å²) in [6, 6.07) is 17.9. The number of hydrogen-bond donors (Lipinski definition) is 2. The third kappa shape index (κ3) is 2.82. The van der Waals surface area contributed by atoms with Crippen LogP contribution in [0, 0.1) is 6.92 Å². The molecule has 3 aromatic rings. The fourth-order valence-electron chi connectivity index (χ4n) is 3.46. The van der Waals surface area contributed by atoms with Crippen LogP contribution in [0.5, 0.6) is 5.75 Å². The summed E-state index contributed by atoms with van der Waals surface area (Å²) in [6.45, 7) is 2.05. The Balaban J connectivity index is 1.85. The zero-order chi connectivity index (χ0) is 18.1. The van der Waals surface area contributed by atoms with E-state index in [1.54, 1.807) is 7.11 Å². The minimum Gasteiger partial charge on any atom is -0.495 e. The summed E-state index contributed by atoms with van der Waals surface area (Å²) in [5.74, 6) is 0.784. The zero-order valence-electron chi connectivity index (χ0n) is 14.6. The van der Waals surface area contributed by atoms with Crippen LogP contribution in [0.2, 0.25) is 0 Å². The number of benzene rings is 1. The van der Waals surface area contributed by atoms with Gasteiger partial charge in [-0.25, -0.2) is 0 Å². The van der Waals surface area contributed by atoms with Gasteiger partial charge in [-0.15, -0.1) is 0 Å². The minimum atomic E-state index is -0.0633. The number of para-hydroxylation sites is 2. The molecule has 1 fully saturated rings. The van der Waals surface area contributed by atoms with Crippen LogP contribution in [-0.4, -0.2) is 22.2 Å². The Bertz CT molecular complexity index is 924. The van der Waals surface area contributed by atoms with Crippen molar-refractivity contribution in [3.8, 4) is 5.75 Å². The lowest BCUT2D eigenvalue weighted by Gasteiger charge is -2.28. The molecule has 2 atom stereocenters. The van der Waals surface area contributed by atoms with Gasteiger partial charge in [-0.1, -0.05) is 18.2 Å². The number of aryl methyl sites for hydroxylation is 1. The number of anilines is 1. The Morgan fingerprint density at radius 3 is 2.58 bits per heavy atom. The smallest absolute Gasteiger partial charge is 0.174 e. The van der Waals surface area contributed by atoms with Crippen molar-refractivity contribution in [2.24, 2.45) is 0 Å². The molecule has 0 aliphatic carbocycles. The van der Waals surface area contributed by atoms with Crippen LogP contribution >= 0.6 is 12.2 Å². The van der Waals surface area contributed by atoms with Gasteiger partial charge in [-0.3, -0.25) is 4.98 Å². The molecule has 1 aromatic carbocycles. The highest BCUT2D eigenvalue weighted by molar-refractivity contribution is 7.80. The van der Waals surface area contributed by atoms with E-state index < -0.39 is 0 Å². The van der Waals surface area contributed by atoms with E-state index in [0.29, 0.717) is 5.11 Å². The molecule has 1 aliphatic rings. The molecule has 5 nitrogen and oxygen atoms in total. The largest absolute Gasteiger partial charge is 0.495 e. The molecular weight excluding hydrogens is 344 g/mol. The summed E-state index contributed by atoms with van der Waals surface area (Å²) in [6.07, 6.45) is 1.81. The van der Waals surface area contributed by atoms with Gasteiger partial charge in [0.05, 0.1) is 24.5 Å². The molecule has 2 N–H and O–H groups in total. The number of ether oxygens (including phenoxy) is 1. The SMILES string of the molecule is COc1ccccc1N1C(=S)N[C@H](c2ccccn2)[C@H]1c1ccc(C)[nH]1.